The Morgan fingerprint density at radius 1 is 0.853 bits per heavy atom. The van der Waals surface area contributed by atoms with E-state index in [4.69, 9.17) is 42.6 Å². The van der Waals surface area contributed by atoms with E-state index >= 15 is 0 Å². The average Bonchev–Trinajstić information content (AvgIpc) is 3.35. The van der Waals surface area contributed by atoms with Crippen molar-refractivity contribution in [3.05, 3.63) is 35.9 Å². The number of carbonyl (C=O) groups excluding carboxylic acids is 1. The van der Waals surface area contributed by atoms with E-state index in [-0.39, 0.29) is 6.61 Å². The second-order valence-electron chi connectivity index (χ2n) is 9.50. The predicted octanol–water partition coefficient (Wildman–Crippen LogP) is 2.52. The van der Waals surface area contributed by atoms with Gasteiger partial charge in [0.25, 0.3) is 0 Å². The van der Waals surface area contributed by atoms with Crippen LogP contribution >= 0.6 is 0 Å². The Bertz CT molecular complexity index is 863. The lowest BCUT2D eigenvalue weighted by molar-refractivity contribution is -0.337. The Balaban J connectivity index is 1.38. The molecule has 0 unspecified atom stereocenters. The zero-order valence-electron chi connectivity index (χ0n) is 19.9. The Hall–Kier alpha value is -1.79. The fourth-order valence-corrected chi connectivity index (χ4v) is 5.02. The highest BCUT2D eigenvalue weighted by atomic mass is 16.8. The van der Waals surface area contributed by atoms with E-state index < -0.39 is 73.4 Å². The fourth-order valence-electron chi connectivity index (χ4n) is 5.02. The Morgan fingerprint density at radius 3 is 2.26 bits per heavy atom. The van der Waals surface area contributed by atoms with Crippen LogP contribution in [0.4, 0.5) is 4.79 Å². The van der Waals surface area contributed by atoms with Gasteiger partial charge in [-0.05, 0) is 33.3 Å². The van der Waals surface area contributed by atoms with Gasteiger partial charge in [-0.2, -0.15) is 0 Å². The summed E-state index contributed by atoms with van der Waals surface area (Å²) in [6.45, 7) is 7.65. The molecule has 0 saturated carbocycles. The molecule has 4 aliphatic heterocycles. The van der Waals surface area contributed by atoms with Crippen molar-refractivity contribution in [1.29, 1.82) is 0 Å². The minimum absolute atomic E-state index is 0.283. The Morgan fingerprint density at radius 2 is 1.53 bits per heavy atom. The van der Waals surface area contributed by atoms with Crippen LogP contribution in [0.15, 0.2) is 30.3 Å². The van der Waals surface area contributed by atoms with Gasteiger partial charge >= 0.3 is 6.16 Å². The lowest BCUT2D eigenvalue weighted by Crippen LogP contribution is -2.62. The third-order valence-electron chi connectivity index (χ3n) is 6.57. The maximum atomic E-state index is 11.9. The van der Waals surface area contributed by atoms with Crippen LogP contribution in [0.1, 0.15) is 33.3 Å². The quantitative estimate of drug-likeness (QED) is 0.565. The van der Waals surface area contributed by atoms with Gasteiger partial charge < -0.3 is 42.6 Å². The van der Waals surface area contributed by atoms with Crippen LogP contribution in [0.3, 0.4) is 0 Å². The second kappa shape index (κ2) is 9.34. The van der Waals surface area contributed by atoms with Gasteiger partial charge in [-0.15, -0.1) is 0 Å². The highest BCUT2D eigenvalue weighted by Gasteiger charge is 2.59. The fraction of sp³-hybridized carbons (Fsp3) is 0.708. The maximum Gasteiger partial charge on any atom is 0.509 e. The predicted molar refractivity (Wildman–Crippen MR) is 115 cm³/mol. The van der Waals surface area contributed by atoms with Gasteiger partial charge in [0.05, 0.1) is 18.8 Å². The van der Waals surface area contributed by atoms with Crippen molar-refractivity contribution >= 4 is 6.16 Å². The molecule has 0 radical (unpaired) electrons. The topological polar surface area (TPSA) is 100 Å². The van der Waals surface area contributed by atoms with Crippen LogP contribution < -0.4 is 0 Å². The molecule has 4 aliphatic rings. The lowest BCUT2D eigenvalue weighted by atomic mass is 9.97. The second-order valence-corrected chi connectivity index (χ2v) is 9.50. The van der Waals surface area contributed by atoms with Gasteiger partial charge in [0.2, 0.25) is 0 Å². The van der Waals surface area contributed by atoms with E-state index in [0.29, 0.717) is 0 Å². The van der Waals surface area contributed by atoms with Gasteiger partial charge in [0, 0.05) is 7.11 Å². The van der Waals surface area contributed by atoms with Crippen molar-refractivity contribution in [2.75, 3.05) is 7.11 Å². The average molecular weight is 481 g/mol. The number of hydrogen-bond donors (Lipinski definition) is 0. The molecule has 0 amide bonds. The molecule has 0 spiro atoms. The van der Waals surface area contributed by atoms with Crippen LogP contribution in [0.25, 0.3) is 0 Å². The van der Waals surface area contributed by atoms with E-state index in [1.54, 1.807) is 7.11 Å². The molecule has 10 atom stereocenters. The normalized spacial score (nSPS) is 43.0. The van der Waals surface area contributed by atoms with Crippen molar-refractivity contribution < 1.29 is 47.4 Å². The molecule has 0 bridgehead atoms. The van der Waals surface area contributed by atoms with Crippen molar-refractivity contribution in [3.8, 4) is 0 Å². The monoisotopic (exact) mass is 480 g/mol. The number of rotatable bonds is 6. The smallest absolute Gasteiger partial charge is 0.424 e. The first-order valence-electron chi connectivity index (χ1n) is 11.6. The van der Waals surface area contributed by atoms with Gasteiger partial charge in [-0.3, -0.25) is 0 Å². The lowest BCUT2D eigenvalue weighted by Gasteiger charge is -2.45. The van der Waals surface area contributed by atoms with Gasteiger partial charge in [-0.1, -0.05) is 30.3 Å². The van der Waals surface area contributed by atoms with Crippen molar-refractivity contribution in [2.24, 2.45) is 0 Å². The Labute approximate surface area is 198 Å². The summed E-state index contributed by atoms with van der Waals surface area (Å²) in [7, 11) is 1.57. The number of ether oxygens (including phenoxy) is 9. The minimum Gasteiger partial charge on any atom is -0.424 e. The molecular weight excluding hydrogens is 448 g/mol. The van der Waals surface area contributed by atoms with Crippen LogP contribution in [-0.4, -0.2) is 80.5 Å². The number of carbonyl (C=O) groups is 1. The molecule has 0 aromatic heterocycles. The maximum absolute atomic E-state index is 11.9. The molecule has 34 heavy (non-hydrogen) atoms. The summed E-state index contributed by atoms with van der Waals surface area (Å²) >= 11 is 0. The highest BCUT2D eigenvalue weighted by Crippen LogP contribution is 2.41. The van der Waals surface area contributed by atoms with E-state index in [9.17, 15) is 4.79 Å². The van der Waals surface area contributed by atoms with Crippen LogP contribution in [0.5, 0.6) is 0 Å². The molecule has 0 aliphatic carbocycles. The number of methoxy groups -OCH3 is 1. The summed E-state index contributed by atoms with van der Waals surface area (Å²) in [4.78, 5) is 11.9. The van der Waals surface area contributed by atoms with Crippen molar-refractivity contribution in [3.63, 3.8) is 0 Å². The summed E-state index contributed by atoms with van der Waals surface area (Å²) < 4.78 is 53.4. The van der Waals surface area contributed by atoms with Crippen LogP contribution in [0, 0.1) is 0 Å². The number of fused-ring (bicyclic) bond motifs is 2. The SMILES string of the molecule is CO[C@@H]1O[C@@H](C)[C@H](O[C@H]2O[C@@H](C)[C@@H]3OC(=O)O[C@H]3[C@H]2OCc2ccccc2)[C@H]2OC(C)(C)O[C@@H]12. The zero-order valence-corrected chi connectivity index (χ0v) is 19.9. The molecule has 1 aromatic carbocycles. The van der Waals surface area contributed by atoms with E-state index in [1.807, 2.05) is 58.0 Å². The number of benzene rings is 1. The van der Waals surface area contributed by atoms with Crippen LogP contribution in [0.2, 0.25) is 0 Å². The summed E-state index contributed by atoms with van der Waals surface area (Å²) in [6.07, 6.45) is -6.54. The molecule has 10 nitrogen and oxygen atoms in total. The summed E-state index contributed by atoms with van der Waals surface area (Å²) in [5.74, 6) is -0.828. The molecule has 4 heterocycles. The largest absolute Gasteiger partial charge is 0.509 e. The first-order valence-corrected chi connectivity index (χ1v) is 11.6. The minimum atomic E-state index is -0.863. The third kappa shape index (κ3) is 4.56. The molecule has 10 heteroatoms. The third-order valence-corrected chi connectivity index (χ3v) is 6.57. The number of hydrogen-bond acceptors (Lipinski definition) is 10. The standard InChI is InChI=1S/C24H32O10/c1-12-15-17(32-23(25)31-15)19(27-11-14-9-7-6-8-10-14)22(29-12)30-16-13(2)28-21(26-5)20-18(16)33-24(3,4)34-20/h6-10,12-13,15-22H,11H2,1-5H3/t12-,13-,15-,16-,17+,18+,19+,20+,21+,22+/m0/s1. The van der Waals surface area contributed by atoms with Gasteiger partial charge in [0.15, 0.2) is 30.6 Å². The first kappa shape index (κ1) is 23.9. The van der Waals surface area contributed by atoms with Gasteiger partial charge in [-0.25, -0.2) is 4.79 Å². The van der Waals surface area contributed by atoms with Gasteiger partial charge in [0.1, 0.15) is 24.4 Å². The van der Waals surface area contributed by atoms with Crippen LogP contribution in [-0.2, 0) is 49.2 Å². The molecule has 5 rings (SSSR count). The highest BCUT2D eigenvalue weighted by molar-refractivity contribution is 5.63. The summed E-state index contributed by atoms with van der Waals surface area (Å²) in [6, 6.07) is 9.70. The summed E-state index contributed by atoms with van der Waals surface area (Å²) in [5.41, 5.74) is 0.966. The zero-order chi connectivity index (χ0) is 24.0. The summed E-state index contributed by atoms with van der Waals surface area (Å²) in [5, 5.41) is 0. The Kier molecular flexibility index (Phi) is 6.58. The van der Waals surface area contributed by atoms with Crippen molar-refractivity contribution in [1.82, 2.24) is 0 Å². The van der Waals surface area contributed by atoms with E-state index in [1.165, 1.54) is 0 Å². The molecule has 0 N–H and O–H groups in total. The molecular formula is C24H32O10. The molecule has 1 aromatic rings. The molecule has 188 valence electrons. The molecule has 4 saturated heterocycles. The van der Waals surface area contributed by atoms with E-state index in [0.717, 1.165) is 5.56 Å². The van der Waals surface area contributed by atoms with E-state index in [2.05, 4.69) is 0 Å². The first-order chi connectivity index (χ1) is 16.3. The molecule has 4 fully saturated rings. The van der Waals surface area contributed by atoms with Crippen molar-refractivity contribution in [2.45, 2.75) is 102 Å².